The third-order valence-electron chi connectivity index (χ3n) is 4.01. The van der Waals surface area contributed by atoms with Gasteiger partial charge in [-0.3, -0.25) is 0 Å². The number of hydrogen-bond donors (Lipinski definition) is 2. The summed E-state index contributed by atoms with van der Waals surface area (Å²) in [5, 5.41) is 15.8. The highest BCUT2D eigenvalue weighted by Gasteiger charge is 2.28. The topological polar surface area (TPSA) is 41.5 Å². The molecule has 19 heavy (non-hydrogen) atoms. The molecule has 0 amide bonds. The van der Waals surface area contributed by atoms with Crippen molar-refractivity contribution in [3.8, 4) is 5.75 Å². The number of rotatable bonds is 4. The Morgan fingerprint density at radius 1 is 1.21 bits per heavy atom. The first kappa shape index (κ1) is 12.5. The molecule has 1 aliphatic rings. The van der Waals surface area contributed by atoms with Gasteiger partial charge in [0.15, 0.2) is 0 Å². The van der Waals surface area contributed by atoms with Gasteiger partial charge in [-0.25, -0.2) is 0 Å². The maximum atomic E-state index is 10.0. The van der Waals surface area contributed by atoms with Gasteiger partial charge in [0.25, 0.3) is 0 Å². The van der Waals surface area contributed by atoms with Gasteiger partial charge in [-0.1, -0.05) is 30.3 Å². The summed E-state index contributed by atoms with van der Waals surface area (Å²) in [7, 11) is 1.76. The number of nitrogens with one attached hydrogen (secondary N) is 1. The largest absolute Gasteiger partial charge is 0.508 e. The first-order valence-electron chi connectivity index (χ1n) is 6.73. The van der Waals surface area contributed by atoms with Crippen molar-refractivity contribution >= 4 is 10.8 Å². The zero-order chi connectivity index (χ0) is 13.2. The van der Waals surface area contributed by atoms with Gasteiger partial charge in [-0.2, -0.15) is 0 Å². The summed E-state index contributed by atoms with van der Waals surface area (Å²) in [6.45, 7) is 0.703. The highest BCUT2D eigenvalue weighted by molar-refractivity contribution is 5.87. The standard InChI is InChI=1S/C16H19NO2/c1-19-13-8-12(9-13)17-10-15-14-5-3-2-4-11(14)6-7-16(15)18/h2-7,12-13,17-18H,8-10H2,1H3. The van der Waals surface area contributed by atoms with Crippen LogP contribution in [0.5, 0.6) is 5.75 Å². The Bertz CT molecular complexity index is 576. The maximum Gasteiger partial charge on any atom is 0.120 e. The molecule has 100 valence electrons. The Morgan fingerprint density at radius 3 is 2.79 bits per heavy atom. The van der Waals surface area contributed by atoms with Crippen LogP contribution in [-0.2, 0) is 11.3 Å². The van der Waals surface area contributed by atoms with E-state index in [1.54, 1.807) is 13.2 Å². The number of benzene rings is 2. The molecule has 0 bridgehead atoms. The van der Waals surface area contributed by atoms with Crippen LogP contribution in [0.3, 0.4) is 0 Å². The van der Waals surface area contributed by atoms with Crippen LogP contribution < -0.4 is 5.32 Å². The third-order valence-corrected chi connectivity index (χ3v) is 4.01. The van der Waals surface area contributed by atoms with Crippen LogP contribution >= 0.6 is 0 Å². The van der Waals surface area contributed by atoms with Crippen LogP contribution in [0.4, 0.5) is 0 Å². The minimum atomic E-state index is 0.369. The molecule has 2 aromatic carbocycles. The molecular weight excluding hydrogens is 238 g/mol. The van der Waals surface area contributed by atoms with Gasteiger partial charge >= 0.3 is 0 Å². The summed E-state index contributed by atoms with van der Waals surface area (Å²) in [6.07, 6.45) is 2.52. The Kier molecular flexibility index (Phi) is 3.40. The Hall–Kier alpha value is -1.58. The first-order valence-corrected chi connectivity index (χ1v) is 6.73. The molecule has 0 spiro atoms. The molecule has 3 rings (SSSR count). The molecule has 0 aromatic heterocycles. The zero-order valence-electron chi connectivity index (χ0n) is 11.1. The van der Waals surface area contributed by atoms with E-state index in [9.17, 15) is 5.11 Å². The summed E-state index contributed by atoms with van der Waals surface area (Å²) in [4.78, 5) is 0. The van der Waals surface area contributed by atoms with Crippen molar-refractivity contribution in [2.24, 2.45) is 0 Å². The fourth-order valence-corrected chi connectivity index (χ4v) is 2.68. The van der Waals surface area contributed by atoms with Crippen LogP contribution in [0.2, 0.25) is 0 Å². The van der Waals surface area contributed by atoms with Gasteiger partial charge in [0.05, 0.1) is 6.10 Å². The molecule has 3 heteroatoms. The lowest BCUT2D eigenvalue weighted by molar-refractivity contribution is 0.0170. The van der Waals surface area contributed by atoms with E-state index in [-0.39, 0.29) is 0 Å². The van der Waals surface area contributed by atoms with Crippen LogP contribution in [0.25, 0.3) is 10.8 Å². The lowest BCUT2D eigenvalue weighted by atomic mass is 9.89. The molecular formula is C16H19NO2. The van der Waals surface area contributed by atoms with E-state index in [1.165, 1.54) is 5.39 Å². The lowest BCUT2D eigenvalue weighted by Crippen LogP contribution is -2.44. The van der Waals surface area contributed by atoms with Crippen molar-refractivity contribution in [1.29, 1.82) is 0 Å². The van der Waals surface area contributed by atoms with Gasteiger partial charge < -0.3 is 15.2 Å². The smallest absolute Gasteiger partial charge is 0.120 e. The minimum absolute atomic E-state index is 0.369. The van der Waals surface area contributed by atoms with Crippen LogP contribution in [0.1, 0.15) is 18.4 Å². The molecule has 1 aliphatic carbocycles. The average molecular weight is 257 g/mol. The molecule has 2 aromatic rings. The van der Waals surface area contributed by atoms with Gasteiger partial charge in [-0.05, 0) is 29.7 Å². The summed E-state index contributed by atoms with van der Waals surface area (Å²) in [5.74, 6) is 0.369. The quantitative estimate of drug-likeness (QED) is 0.885. The molecule has 1 saturated carbocycles. The number of hydrogen-bond acceptors (Lipinski definition) is 3. The van der Waals surface area contributed by atoms with E-state index in [4.69, 9.17) is 4.74 Å². The van der Waals surface area contributed by atoms with E-state index in [1.807, 2.05) is 18.2 Å². The van der Waals surface area contributed by atoms with Gasteiger partial charge in [0, 0.05) is 25.3 Å². The minimum Gasteiger partial charge on any atom is -0.508 e. The van der Waals surface area contributed by atoms with Gasteiger partial charge in [0.1, 0.15) is 5.75 Å². The number of ether oxygens (including phenoxy) is 1. The van der Waals surface area contributed by atoms with Crippen molar-refractivity contribution in [2.75, 3.05) is 7.11 Å². The van der Waals surface area contributed by atoms with Crippen molar-refractivity contribution in [2.45, 2.75) is 31.5 Å². The predicted octanol–water partition coefficient (Wildman–Crippen LogP) is 2.81. The molecule has 0 radical (unpaired) electrons. The van der Waals surface area contributed by atoms with Crippen molar-refractivity contribution in [1.82, 2.24) is 5.32 Å². The highest BCUT2D eigenvalue weighted by Crippen LogP contribution is 2.28. The number of aromatic hydroxyl groups is 1. The lowest BCUT2D eigenvalue weighted by Gasteiger charge is -2.35. The molecule has 0 aliphatic heterocycles. The molecule has 0 unspecified atom stereocenters. The molecule has 0 atom stereocenters. The van der Waals surface area contributed by atoms with Gasteiger partial charge in [-0.15, -0.1) is 0 Å². The number of phenols is 1. The molecule has 2 N–H and O–H groups in total. The second-order valence-electron chi connectivity index (χ2n) is 5.19. The Labute approximate surface area is 113 Å². The van der Waals surface area contributed by atoms with E-state index < -0.39 is 0 Å². The monoisotopic (exact) mass is 257 g/mol. The van der Waals surface area contributed by atoms with Crippen molar-refractivity contribution in [3.63, 3.8) is 0 Å². The van der Waals surface area contributed by atoms with E-state index in [0.29, 0.717) is 24.4 Å². The molecule has 3 nitrogen and oxygen atoms in total. The van der Waals surface area contributed by atoms with Crippen LogP contribution in [-0.4, -0.2) is 24.4 Å². The fraction of sp³-hybridized carbons (Fsp3) is 0.375. The SMILES string of the molecule is COC1CC(NCc2c(O)ccc3ccccc23)C1. The summed E-state index contributed by atoms with van der Waals surface area (Å²) in [5.41, 5.74) is 0.985. The summed E-state index contributed by atoms with van der Waals surface area (Å²) < 4.78 is 5.27. The predicted molar refractivity (Wildman–Crippen MR) is 76.3 cm³/mol. The summed E-state index contributed by atoms with van der Waals surface area (Å²) >= 11 is 0. The normalized spacial score (nSPS) is 22.4. The highest BCUT2D eigenvalue weighted by atomic mass is 16.5. The average Bonchev–Trinajstić information content (AvgIpc) is 2.39. The van der Waals surface area contributed by atoms with Crippen LogP contribution in [0, 0.1) is 0 Å². The Morgan fingerprint density at radius 2 is 2.00 bits per heavy atom. The number of methoxy groups -OCH3 is 1. The second-order valence-corrected chi connectivity index (χ2v) is 5.19. The zero-order valence-corrected chi connectivity index (χ0v) is 11.1. The third kappa shape index (κ3) is 2.44. The fourth-order valence-electron chi connectivity index (χ4n) is 2.68. The maximum absolute atomic E-state index is 10.0. The first-order chi connectivity index (χ1) is 9.28. The van der Waals surface area contributed by atoms with Crippen LogP contribution in [0.15, 0.2) is 36.4 Å². The van der Waals surface area contributed by atoms with Crippen molar-refractivity contribution in [3.05, 3.63) is 42.0 Å². The van der Waals surface area contributed by atoms with E-state index >= 15 is 0 Å². The second kappa shape index (κ2) is 5.19. The van der Waals surface area contributed by atoms with Crippen molar-refractivity contribution < 1.29 is 9.84 Å². The number of fused-ring (bicyclic) bond motifs is 1. The van der Waals surface area contributed by atoms with Gasteiger partial charge in [0.2, 0.25) is 0 Å². The number of phenolic OH excluding ortho intramolecular Hbond substituents is 1. The molecule has 1 fully saturated rings. The molecule has 0 saturated heterocycles. The summed E-state index contributed by atoms with van der Waals surface area (Å²) in [6, 6.07) is 12.4. The van der Waals surface area contributed by atoms with E-state index in [0.717, 1.165) is 23.8 Å². The Balaban J connectivity index is 1.75. The van der Waals surface area contributed by atoms with E-state index in [2.05, 4.69) is 17.4 Å². The molecule has 0 heterocycles.